The van der Waals surface area contributed by atoms with Crippen LogP contribution in [-0.4, -0.2) is 20.7 Å². The fourth-order valence-electron chi connectivity index (χ4n) is 1.87. The Kier molecular flexibility index (Phi) is 4.74. The van der Waals surface area contributed by atoms with Gasteiger partial charge in [0.2, 0.25) is 5.91 Å². The predicted octanol–water partition coefficient (Wildman–Crippen LogP) is 2.38. The summed E-state index contributed by atoms with van der Waals surface area (Å²) >= 11 is 1.07. The van der Waals surface area contributed by atoms with Crippen LogP contribution in [-0.2, 0) is 23.3 Å². The zero-order chi connectivity index (χ0) is 16.3. The number of primary amides is 1. The number of nitrogens with two attached hydrogens (primary N) is 1. The van der Waals surface area contributed by atoms with Gasteiger partial charge in [-0.3, -0.25) is 9.36 Å². The summed E-state index contributed by atoms with van der Waals surface area (Å²) in [4.78, 5) is 11.0. The van der Waals surface area contributed by atoms with Crippen molar-refractivity contribution in [1.82, 2.24) is 14.8 Å². The Morgan fingerprint density at radius 2 is 2.00 bits per heavy atom. The molecule has 5 nitrogen and oxygen atoms in total. The topological polar surface area (TPSA) is 73.8 Å². The van der Waals surface area contributed by atoms with Crippen molar-refractivity contribution in [1.29, 1.82) is 0 Å². The Balaban J connectivity index is 2.20. The van der Waals surface area contributed by atoms with Crippen molar-refractivity contribution in [3.05, 3.63) is 41.2 Å². The van der Waals surface area contributed by atoms with E-state index in [9.17, 15) is 18.0 Å². The number of nitrogens with zero attached hydrogens (tertiary/aromatic N) is 3. The van der Waals surface area contributed by atoms with Crippen LogP contribution in [0.5, 0.6) is 0 Å². The molecule has 0 saturated carbocycles. The third-order valence-electron chi connectivity index (χ3n) is 2.90. The molecular weight excluding hydrogens is 317 g/mol. The molecule has 0 atom stereocenters. The van der Waals surface area contributed by atoms with E-state index in [4.69, 9.17) is 5.73 Å². The minimum atomic E-state index is -4.41. The quantitative estimate of drug-likeness (QED) is 0.854. The molecule has 1 aromatic carbocycles. The first-order valence-electron chi connectivity index (χ1n) is 6.25. The SMILES string of the molecule is Cc1nnc(SCc2ccccc2C(F)(F)F)n1CC(N)=O. The molecule has 0 spiro atoms. The highest BCUT2D eigenvalue weighted by atomic mass is 32.2. The van der Waals surface area contributed by atoms with Crippen molar-refractivity contribution in [3.63, 3.8) is 0 Å². The molecule has 0 aliphatic carbocycles. The van der Waals surface area contributed by atoms with Gasteiger partial charge in [0.05, 0.1) is 5.56 Å². The number of benzene rings is 1. The van der Waals surface area contributed by atoms with E-state index in [2.05, 4.69) is 10.2 Å². The third kappa shape index (κ3) is 3.79. The zero-order valence-electron chi connectivity index (χ0n) is 11.6. The smallest absolute Gasteiger partial charge is 0.368 e. The highest BCUT2D eigenvalue weighted by molar-refractivity contribution is 7.98. The second-order valence-electron chi connectivity index (χ2n) is 4.53. The first kappa shape index (κ1) is 16.3. The van der Waals surface area contributed by atoms with Crippen molar-refractivity contribution < 1.29 is 18.0 Å². The first-order valence-corrected chi connectivity index (χ1v) is 7.23. The molecule has 0 radical (unpaired) electrons. The summed E-state index contributed by atoms with van der Waals surface area (Å²) in [7, 11) is 0. The van der Waals surface area contributed by atoms with Crippen molar-refractivity contribution in [2.24, 2.45) is 5.73 Å². The van der Waals surface area contributed by atoms with Gasteiger partial charge >= 0.3 is 6.18 Å². The number of carbonyl (C=O) groups excluding carboxylic acids is 1. The van der Waals surface area contributed by atoms with Crippen molar-refractivity contribution >= 4 is 17.7 Å². The van der Waals surface area contributed by atoms with Crippen LogP contribution in [0.1, 0.15) is 17.0 Å². The standard InChI is InChI=1S/C13H13F3N4OS/c1-8-18-19-12(20(8)6-11(17)21)22-7-9-4-2-3-5-10(9)13(14,15)16/h2-5H,6-7H2,1H3,(H2,17,21). The molecular formula is C13H13F3N4OS. The van der Waals surface area contributed by atoms with Gasteiger partial charge in [-0.05, 0) is 18.6 Å². The Labute approximate surface area is 128 Å². The Bertz CT molecular complexity index is 684. The van der Waals surface area contributed by atoms with E-state index >= 15 is 0 Å². The summed E-state index contributed by atoms with van der Waals surface area (Å²) in [5, 5.41) is 8.03. The normalized spacial score (nSPS) is 11.6. The van der Waals surface area contributed by atoms with E-state index in [0.717, 1.165) is 17.8 Å². The van der Waals surface area contributed by atoms with Crippen LogP contribution >= 0.6 is 11.8 Å². The number of carbonyl (C=O) groups is 1. The van der Waals surface area contributed by atoms with Crippen LogP contribution in [0.4, 0.5) is 13.2 Å². The minimum absolute atomic E-state index is 0.0621. The van der Waals surface area contributed by atoms with Crippen LogP contribution in [0.15, 0.2) is 29.4 Å². The van der Waals surface area contributed by atoms with Gasteiger partial charge in [-0.2, -0.15) is 13.2 Å². The lowest BCUT2D eigenvalue weighted by Crippen LogP contribution is -2.20. The largest absolute Gasteiger partial charge is 0.416 e. The van der Waals surface area contributed by atoms with E-state index < -0.39 is 17.6 Å². The van der Waals surface area contributed by atoms with Gasteiger partial charge in [-0.15, -0.1) is 10.2 Å². The highest BCUT2D eigenvalue weighted by Gasteiger charge is 2.32. The van der Waals surface area contributed by atoms with Gasteiger partial charge in [0, 0.05) is 5.75 Å². The van der Waals surface area contributed by atoms with E-state index in [1.54, 1.807) is 13.0 Å². The van der Waals surface area contributed by atoms with Crippen LogP contribution < -0.4 is 5.73 Å². The van der Waals surface area contributed by atoms with Crippen LogP contribution in [0.25, 0.3) is 0 Å². The second-order valence-corrected chi connectivity index (χ2v) is 5.47. The number of hydrogen-bond acceptors (Lipinski definition) is 4. The molecule has 0 bridgehead atoms. The molecule has 0 aliphatic heterocycles. The second kappa shape index (κ2) is 6.39. The zero-order valence-corrected chi connectivity index (χ0v) is 12.4. The summed E-state index contributed by atoms with van der Waals surface area (Å²) in [5.74, 6) is -0.0297. The van der Waals surface area contributed by atoms with Gasteiger partial charge in [-0.25, -0.2) is 0 Å². The third-order valence-corrected chi connectivity index (χ3v) is 3.91. The maximum Gasteiger partial charge on any atom is 0.416 e. The number of alkyl halides is 3. The first-order chi connectivity index (χ1) is 10.3. The van der Waals surface area contributed by atoms with Gasteiger partial charge in [0.15, 0.2) is 5.16 Å². The van der Waals surface area contributed by atoms with E-state index in [-0.39, 0.29) is 17.9 Å². The number of aromatic nitrogens is 3. The van der Waals surface area contributed by atoms with Crippen molar-refractivity contribution in [3.8, 4) is 0 Å². The van der Waals surface area contributed by atoms with Crippen LogP contribution in [0.3, 0.4) is 0 Å². The fourth-order valence-corrected chi connectivity index (χ4v) is 2.86. The molecule has 0 aliphatic rings. The molecule has 1 heterocycles. The van der Waals surface area contributed by atoms with Gasteiger partial charge in [-0.1, -0.05) is 30.0 Å². The molecule has 22 heavy (non-hydrogen) atoms. The highest BCUT2D eigenvalue weighted by Crippen LogP contribution is 2.34. The Hall–Kier alpha value is -2.03. The molecule has 2 aromatic rings. The molecule has 1 amide bonds. The van der Waals surface area contributed by atoms with Gasteiger partial charge in [0.25, 0.3) is 0 Å². The molecule has 1 aromatic heterocycles. The maximum atomic E-state index is 12.9. The molecule has 0 saturated heterocycles. The van der Waals surface area contributed by atoms with Gasteiger partial charge < -0.3 is 5.73 Å². The van der Waals surface area contributed by atoms with Crippen LogP contribution in [0, 0.1) is 6.92 Å². The average Bonchev–Trinajstić information content (AvgIpc) is 2.76. The lowest BCUT2D eigenvalue weighted by atomic mass is 10.1. The fraction of sp³-hybridized carbons (Fsp3) is 0.308. The maximum absolute atomic E-state index is 12.9. The van der Waals surface area contributed by atoms with Gasteiger partial charge in [0.1, 0.15) is 12.4 Å². The van der Waals surface area contributed by atoms with Crippen LogP contribution in [0.2, 0.25) is 0 Å². The number of thioether (sulfide) groups is 1. The molecule has 118 valence electrons. The summed E-state index contributed by atoms with van der Waals surface area (Å²) in [6.45, 7) is 1.53. The monoisotopic (exact) mass is 330 g/mol. The van der Waals surface area contributed by atoms with Crippen molar-refractivity contribution in [2.45, 2.75) is 30.6 Å². The molecule has 2 rings (SSSR count). The average molecular weight is 330 g/mol. The van der Waals surface area contributed by atoms with E-state index in [1.807, 2.05) is 0 Å². The summed E-state index contributed by atoms with van der Waals surface area (Å²) in [6, 6.07) is 5.34. The number of halogens is 3. The number of aryl methyl sites for hydroxylation is 1. The predicted molar refractivity (Wildman–Crippen MR) is 75.0 cm³/mol. The Morgan fingerprint density at radius 3 is 2.64 bits per heavy atom. The molecule has 2 N–H and O–H groups in total. The number of amides is 1. The van der Waals surface area contributed by atoms with E-state index in [0.29, 0.717) is 11.0 Å². The lowest BCUT2D eigenvalue weighted by Gasteiger charge is -2.12. The molecule has 0 unspecified atom stereocenters. The Morgan fingerprint density at radius 1 is 1.32 bits per heavy atom. The van der Waals surface area contributed by atoms with E-state index in [1.165, 1.54) is 16.7 Å². The summed E-state index contributed by atoms with van der Waals surface area (Å²) in [5.41, 5.74) is 4.60. The van der Waals surface area contributed by atoms with Crippen molar-refractivity contribution in [2.75, 3.05) is 0 Å². The number of rotatable bonds is 5. The minimum Gasteiger partial charge on any atom is -0.368 e. The summed E-state index contributed by atoms with van der Waals surface area (Å²) < 4.78 is 40.3. The molecule has 9 heteroatoms. The molecule has 0 fully saturated rings. The number of hydrogen-bond donors (Lipinski definition) is 1. The lowest BCUT2D eigenvalue weighted by molar-refractivity contribution is -0.138. The summed E-state index contributed by atoms with van der Waals surface area (Å²) in [6.07, 6.45) is -4.41.